The largest absolute Gasteiger partial charge is 0.370 e. The molecule has 13 N–H and O–H groups in total. The number of rotatable bonds is 18. The van der Waals surface area contributed by atoms with Gasteiger partial charge in [-0.25, -0.2) is 0 Å². The van der Waals surface area contributed by atoms with Crippen molar-refractivity contribution in [1.82, 2.24) is 16.0 Å². The van der Waals surface area contributed by atoms with Crippen molar-refractivity contribution >= 4 is 29.6 Å². The number of hydrogen-bond acceptors (Lipinski definition) is 6. The van der Waals surface area contributed by atoms with Gasteiger partial charge < -0.3 is 44.6 Å². The van der Waals surface area contributed by atoms with E-state index < -0.39 is 18.0 Å². The Morgan fingerprint density at radius 1 is 0.727 bits per heavy atom. The minimum atomic E-state index is -0.750. The van der Waals surface area contributed by atoms with Crippen LogP contribution in [0, 0.1) is 0 Å². The van der Waals surface area contributed by atoms with E-state index in [-0.39, 0.29) is 23.7 Å². The van der Waals surface area contributed by atoms with Gasteiger partial charge in [-0.05, 0) is 57.9 Å². The van der Waals surface area contributed by atoms with E-state index in [4.69, 9.17) is 28.7 Å². The zero-order valence-corrected chi connectivity index (χ0v) is 19.6. The van der Waals surface area contributed by atoms with Crippen molar-refractivity contribution in [3.05, 3.63) is 0 Å². The van der Waals surface area contributed by atoms with Gasteiger partial charge in [0.15, 0.2) is 11.9 Å². The van der Waals surface area contributed by atoms with E-state index >= 15 is 0 Å². The van der Waals surface area contributed by atoms with Crippen LogP contribution in [-0.4, -0.2) is 67.9 Å². The summed E-state index contributed by atoms with van der Waals surface area (Å²) < 4.78 is 0. The molecular formula is C20H42N10O3. The maximum absolute atomic E-state index is 12.8. The zero-order chi connectivity index (χ0) is 25.1. The summed E-state index contributed by atoms with van der Waals surface area (Å²) in [6, 6.07) is -1.48. The van der Waals surface area contributed by atoms with Gasteiger partial charge in [0.05, 0.1) is 0 Å². The Kier molecular flexibility index (Phi) is 16.7. The normalized spacial score (nSPS) is 12.2. The van der Waals surface area contributed by atoms with Crippen LogP contribution >= 0.6 is 0 Å². The SMILES string of the molecule is CC(=O)N[C@@H](CCCCN)C(=O)N[C@@H](CCCCN=C(N)N)C(=O)NCCCCN=C(N)N. The first-order valence-corrected chi connectivity index (χ1v) is 11.3. The molecule has 3 amide bonds. The van der Waals surface area contributed by atoms with Crippen LogP contribution in [-0.2, 0) is 14.4 Å². The molecule has 0 spiro atoms. The molecule has 0 aliphatic carbocycles. The van der Waals surface area contributed by atoms with Crippen molar-refractivity contribution in [1.29, 1.82) is 0 Å². The van der Waals surface area contributed by atoms with E-state index in [9.17, 15) is 14.4 Å². The Morgan fingerprint density at radius 2 is 1.24 bits per heavy atom. The van der Waals surface area contributed by atoms with Crippen molar-refractivity contribution in [3.8, 4) is 0 Å². The minimum Gasteiger partial charge on any atom is -0.370 e. The fourth-order valence-electron chi connectivity index (χ4n) is 3.00. The lowest BCUT2D eigenvalue weighted by molar-refractivity contribution is -0.132. The Balaban J connectivity index is 4.92. The second-order valence-electron chi connectivity index (χ2n) is 7.71. The number of carbonyl (C=O) groups is 3. The molecule has 13 nitrogen and oxygen atoms in total. The molecule has 13 heteroatoms. The van der Waals surface area contributed by atoms with Crippen molar-refractivity contribution in [2.45, 2.75) is 70.4 Å². The van der Waals surface area contributed by atoms with Crippen molar-refractivity contribution < 1.29 is 14.4 Å². The van der Waals surface area contributed by atoms with Crippen LogP contribution in [0.3, 0.4) is 0 Å². The fraction of sp³-hybridized carbons (Fsp3) is 0.750. The van der Waals surface area contributed by atoms with E-state index in [1.54, 1.807) is 0 Å². The van der Waals surface area contributed by atoms with E-state index in [0.717, 1.165) is 6.42 Å². The number of unbranched alkanes of at least 4 members (excludes halogenated alkanes) is 3. The monoisotopic (exact) mass is 470 g/mol. The van der Waals surface area contributed by atoms with Crippen LogP contribution in [0.25, 0.3) is 0 Å². The third kappa shape index (κ3) is 17.2. The predicted molar refractivity (Wildman–Crippen MR) is 130 cm³/mol. The molecular weight excluding hydrogens is 428 g/mol. The number of amides is 3. The van der Waals surface area contributed by atoms with Gasteiger partial charge in [0.25, 0.3) is 0 Å². The summed E-state index contributed by atoms with van der Waals surface area (Å²) in [6.07, 6.45) is 4.92. The van der Waals surface area contributed by atoms with Gasteiger partial charge in [-0.1, -0.05) is 0 Å². The van der Waals surface area contributed by atoms with Gasteiger partial charge in [-0.2, -0.15) is 0 Å². The molecule has 2 atom stereocenters. The lowest BCUT2D eigenvalue weighted by Crippen LogP contribution is -2.53. The summed E-state index contributed by atoms with van der Waals surface area (Å²) in [6.45, 7) is 3.18. The van der Waals surface area contributed by atoms with Crippen LogP contribution in [0.15, 0.2) is 9.98 Å². The third-order valence-corrected chi connectivity index (χ3v) is 4.65. The van der Waals surface area contributed by atoms with Crippen LogP contribution < -0.4 is 44.6 Å². The average molecular weight is 471 g/mol. The van der Waals surface area contributed by atoms with Gasteiger partial charge in [-0.15, -0.1) is 0 Å². The third-order valence-electron chi connectivity index (χ3n) is 4.65. The summed E-state index contributed by atoms with van der Waals surface area (Å²) >= 11 is 0. The summed E-state index contributed by atoms with van der Waals surface area (Å²) in [5.74, 6) is -0.978. The second-order valence-corrected chi connectivity index (χ2v) is 7.71. The first kappa shape index (κ1) is 29.9. The highest BCUT2D eigenvalue weighted by Gasteiger charge is 2.25. The van der Waals surface area contributed by atoms with E-state index in [1.165, 1.54) is 6.92 Å². The molecule has 0 heterocycles. The quantitative estimate of drug-likeness (QED) is 0.0614. The summed E-state index contributed by atoms with van der Waals surface area (Å²) in [5, 5.41) is 8.26. The van der Waals surface area contributed by atoms with Gasteiger partial charge >= 0.3 is 0 Å². The average Bonchev–Trinajstić information content (AvgIpc) is 2.73. The molecule has 0 aromatic rings. The smallest absolute Gasteiger partial charge is 0.243 e. The van der Waals surface area contributed by atoms with E-state index in [0.29, 0.717) is 71.1 Å². The summed E-state index contributed by atoms with van der Waals surface area (Å²) in [4.78, 5) is 44.9. The number of hydrogen-bond donors (Lipinski definition) is 8. The maximum Gasteiger partial charge on any atom is 0.243 e. The highest BCUT2D eigenvalue weighted by Crippen LogP contribution is 2.06. The maximum atomic E-state index is 12.8. The van der Waals surface area contributed by atoms with E-state index in [2.05, 4.69) is 25.9 Å². The van der Waals surface area contributed by atoms with Crippen molar-refractivity contribution in [2.75, 3.05) is 26.2 Å². The molecule has 0 unspecified atom stereocenters. The number of aliphatic imine (C=N–C) groups is 2. The first-order valence-electron chi connectivity index (χ1n) is 11.3. The molecule has 190 valence electrons. The summed E-state index contributed by atoms with van der Waals surface area (Å²) in [7, 11) is 0. The molecule has 0 radical (unpaired) electrons. The number of nitrogens with one attached hydrogen (secondary N) is 3. The minimum absolute atomic E-state index is 0.00829. The van der Waals surface area contributed by atoms with Crippen LogP contribution in [0.5, 0.6) is 0 Å². The van der Waals surface area contributed by atoms with Crippen LogP contribution in [0.2, 0.25) is 0 Å². The molecule has 0 fully saturated rings. The van der Waals surface area contributed by atoms with E-state index in [1.807, 2.05) is 0 Å². The Morgan fingerprint density at radius 3 is 1.76 bits per heavy atom. The van der Waals surface area contributed by atoms with Crippen molar-refractivity contribution in [3.63, 3.8) is 0 Å². The number of nitrogens with zero attached hydrogens (tertiary/aromatic N) is 2. The van der Waals surface area contributed by atoms with Crippen LogP contribution in [0.1, 0.15) is 58.3 Å². The number of guanidine groups is 2. The molecule has 0 bridgehead atoms. The van der Waals surface area contributed by atoms with Gasteiger partial charge in [-0.3, -0.25) is 24.4 Å². The molecule has 0 saturated carbocycles. The molecule has 33 heavy (non-hydrogen) atoms. The second kappa shape index (κ2) is 18.5. The summed E-state index contributed by atoms with van der Waals surface area (Å²) in [5.41, 5.74) is 26.7. The van der Waals surface area contributed by atoms with Gasteiger partial charge in [0.2, 0.25) is 17.7 Å². The van der Waals surface area contributed by atoms with Crippen molar-refractivity contribution in [2.24, 2.45) is 38.7 Å². The predicted octanol–water partition coefficient (Wildman–Crippen LogP) is -2.28. The highest BCUT2D eigenvalue weighted by atomic mass is 16.2. The molecule has 0 rings (SSSR count). The lowest BCUT2D eigenvalue weighted by atomic mass is 10.1. The van der Waals surface area contributed by atoms with Gasteiger partial charge in [0, 0.05) is 26.6 Å². The number of nitrogens with two attached hydrogens (primary N) is 5. The first-order chi connectivity index (χ1) is 15.7. The van der Waals surface area contributed by atoms with Gasteiger partial charge in [0.1, 0.15) is 12.1 Å². The topological polar surface area (TPSA) is 242 Å². The lowest BCUT2D eigenvalue weighted by Gasteiger charge is -2.23. The molecule has 0 aromatic carbocycles. The Bertz CT molecular complexity index is 646. The highest BCUT2D eigenvalue weighted by molar-refractivity contribution is 5.91. The molecule has 0 aromatic heterocycles. The standard InChI is InChI=1S/C20H42N10O3/c1-14(31)29-16(8-2-4-10-21)18(33)30-15(9-3-5-12-27-19(22)23)17(32)26-11-6-7-13-28-20(24)25/h15-16H,2-13,21H2,1H3,(H,26,32)(H,29,31)(H,30,33)(H4,22,23,27)(H4,24,25,28)/t15-,16-/m0/s1. The molecule has 0 saturated heterocycles. The van der Waals surface area contributed by atoms with Crippen LogP contribution in [0.4, 0.5) is 0 Å². The zero-order valence-electron chi connectivity index (χ0n) is 19.6. The molecule has 0 aliphatic heterocycles. The molecule has 0 aliphatic rings. The fourth-order valence-corrected chi connectivity index (χ4v) is 3.00. The Hall–Kier alpha value is -3.09. The number of carbonyl (C=O) groups excluding carboxylic acids is 3. The Labute approximate surface area is 195 Å².